The van der Waals surface area contributed by atoms with Crippen LogP contribution in [0, 0.1) is 0 Å². The van der Waals surface area contributed by atoms with Crippen LogP contribution in [0.25, 0.3) is 38.2 Å². The first-order valence-corrected chi connectivity index (χ1v) is 13.5. The number of nitrogen functional groups attached to an aromatic ring is 1. The molecule has 8 nitrogen and oxygen atoms in total. The molecule has 3 N–H and O–H groups in total. The van der Waals surface area contributed by atoms with Crippen molar-refractivity contribution in [2.45, 2.75) is 26.4 Å². The monoisotopic (exact) mass is 554 g/mol. The number of rotatable bonds is 6. The number of fused-ring (bicyclic) bond motifs is 2. The molecule has 0 unspecified atom stereocenters. The largest absolute Gasteiger partial charge is 0.495 e. The molecule has 0 aliphatic carbocycles. The Kier molecular flexibility index (Phi) is 7.08. The molecule has 0 aliphatic heterocycles. The van der Waals surface area contributed by atoms with Crippen LogP contribution < -0.4 is 15.8 Å². The maximum Gasteiger partial charge on any atom is 0.331 e. The van der Waals surface area contributed by atoms with Crippen molar-refractivity contribution in [1.82, 2.24) is 9.55 Å². The normalized spacial score (nSPS) is 11.8. The summed E-state index contributed by atoms with van der Waals surface area (Å²) in [5.41, 5.74) is 10.3. The fraction of sp³-hybridized carbons (Fsp3) is 0.194. The molecule has 0 spiro atoms. The minimum absolute atomic E-state index is 0.236. The molecule has 0 bridgehead atoms. The molecular weight excluding hydrogens is 524 g/mol. The van der Waals surface area contributed by atoms with Crippen molar-refractivity contribution in [3.05, 3.63) is 77.4 Å². The van der Waals surface area contributed by atoms with Crippen LogP contribution in [0.2, 0.25) is 0 Å². The van der Waals surface area contributed by atoms with Crippen LogP contribution in [0.4, 0.5) is 11.5 Å². The Balaban J connectivity index is 1.45. The number of nitrogens with two attached hydrogens (primary N) is 1. The van der Waals surface area contributed by atoms with Gasteiger partial charge < -0.3 is 25.1 Å². The van der Waals surface area contributed by atoms with Crippen LogP contribution in [0.3, 0.4) is 0 Å². The highest BCUT2D eigenvalue weighted by Gasteiger charge is 2.19. The highest BCUT2D eigenvalue weighted by molar-refractivity contribution is 7.18. The SMILES string of the molecule is COc1cc(-c2csc3c(/C=C/C(=O)OC(C)(C)C)cnc(N)c23)ccc1NC(=O)c1cc2ccccc2n1C. The number of carbonyl (C=O) groups is 2. The molecule has 5 aromatic rings. The van der Waals surface area contributed by atoms with Gasteiger partial charge in [0.1, 0.15) is 22.9 Å². The van der Waals surface area contributed by atoms with E-state index >= 15 is 0 Å². The van der Waals surface area contributed by atoms with Gasteiger partial charge in [-0.3, -0.25) is 4.79 Å². The zero-order valence-electron chi connectivity index (χ0n) is 22.9. The van der Waals surface area contributed by atoms with Gasteiger partial charge in [0.15, 0.2) is 0 Å². The van der Waals surface area contributed by atoms with Crippen LogP contribution >= 0.6 is 11.3 Å². The second kappa shape index (κ2) is 10.5. The highest BCUT2D eigenvalue weighted by atomic mass is 32.1. The highest BCUT2D eigenvalue weighted by Crippen LogP contribution is 2.41. The summed E-state index contributed by atoms with van der Waals surface area (Å²) in [6, 6.07) is 15.3. The number of nitrogens with zero attached hydrogens (tertiary/aromatic N) is 2. The lowest BCUT2D eigenvalue weighted by molar-refractivity contribution is -0.148. The summed E-state index contributed by atoms with van der Waals surface area (Å²) in [5, 5.41) is 6.75. The average molecular weight is 555 g/mol. The van der Waals surface area contributed by atoms with Crippen LogP contribution in [0.1, 0.15) is 36.8 Å². The molecule has 3 heterocycles. The number of nitrogens with one attached hydrogen (secondary N) is 1. The van der Waals surface area contributed by atoms with E-state index in [1.165, 1.54) is 17.4 Å². The van der Waals surface area contributed by atoms with Gasteiger partial charge in [-0.05, 0) is 62.1 Å². The molecule has 40 heavy (non-hydrogen) atoms. The summed E-state index contributed by atoms with van der Waals surface area (Å²) < 4.78 is 13.8. The Morgan fingerprint density at radius 3 is 2.62 bits per heavy atom. The minimum Gasteiger partial charge on any atom is -0.495 e. The number of aromatic nitrogens is 2. The number of ether oxygens (including phenoxy) is 2. The first-order valence-electron chi connectivity index (χ1n) is 12.7. The summed E-state index contributed by atoms with van der Waals surface area (Å²) in [5.74, 6) is 0.227. The summed E-state index contributed by atoms with van der Waals surface area (Å²) in [4.78, 5) is 29.7. The summed E-state index contributed by atoms with van der Waals surface area (Å²) in [6.07, 6.45) is 4.73. The molecule has 5 rings (SSSR count). The molecule has 0 saturated carbocycles. The van der Waals surface area contributed by atoms with Gasteiger partial charge in [-0.25, -0.2) is 9.78 Å². The second-order valence-electron chi connectivity index (χ2n) is 10.3. The maximum atomic E-state index is 13.2. The third kappa shape index (κ3) is 5.28. The molecule has 3 aromatic heterocycles. The van der Waals surface area contributed by atoms with Gasteiger partial charge in [-0.2, -0.15) is 0 Å². The van der Waals surface area contributed by atoms with Crippen molar-refractivity contribution in [1.29, 1.82) is 0 Å². The molecule has 0 radical (unpaired) electrons. The molecule has 0 atom stereocenters. The number of benzene rings is 2. The first-order chi connectivity index (χ1) is 19.1. The first kappa shape index (κ1) is 27.0. The van der Waals surface area contributed by atoms with Crippen molar-refractivity contribution in [3.63, 3.8) is 0 Å². The fourth-order valence-electron chi connectivity index (χ4n) is 4.57. The third-order valence-electron chi connectivity index (χ3n) is 6.40. The summed E-state index contributed by atoms with van der Waals surface area (Å²) in [6.45, 7) is 5.46. The molecular formula is C31H30N4O4S. The Hall–Kier alpha value is -4.63. The topological polar surface area (TPSA) is 108 Å². The van der Waals surface area contributed by atoms with Crippen LogP contribution in [-0.2, 0) is 16.6 Å². The van der Waals surface area contributed by atoms with Crippen LogP contribution in [0.15, 0.2) is 66.2 Å². The summed E-state index contributed by atoms with van der Waals surface area (Å²) in [7, 11) is 3.43. The van der Waals surface area contributed by atoms with Crippen molar-refractivity contribution in [2.75, 3.05) is 18.2 Å². The van der Waals surface area contributed by atoms with E-state index in [1.807, 2.05) is 86.3 Å². The van der Waals surface area contributed by atoms with Crippen molar-refractivity contribution in [3.8, 4) is 16.9 Å². The number of methoxy groups -OCH3 is 1. The maximum absolute atomic E-state index is 13.2. The van der Waals surface area contributed by atoms with Gasteiger partial charge in [0.25, 0.3) is 5.91 Å². The van der Waals surface area contributed by atoms with Gasteiger partial charge >= 0.3 is 5.97 Å². The Labute approximate surface area is 236 Å². The lowest BCUT2D eigenvalue weighted by Crippen LogP contribution is -2.22. The number of para-hydroxylation sites is 1. The van der Waals surface area contributed by atoms with E-state index in [-0.39, 0.29) is 5.91 Å². The molecule has 204 valence electrons. The molecule has 0 saturated heterocycles. The number of anilines is 2. The lowest BCUT2D eigenvalue weighted by Gasteiger charge is -2.17. The number of pyridine rings is 1. The zero-order valence-corrected chi connectivity index (χ0v) is 23.8. The van der Waals surface area contributed by atoms with Gasteiger partial charge in [-0.1, -0.05) is 24.3 Å². The number of thiophene rings is 1. The third-order valence-corrected chi connectivity index (χ3v) is 7.43. The number of aryl methyl sites for hydroxylation is 1. The Bertz CT molecular complexity index is 1790. The van der Waals surface area contributed by atoms with Crippen molar-refractivity contribution in [2.24, 2.45) is 7.05 Å². The number of hydrogen-bond donors (Lipinski definition) is 2. The lowest BCUT2D eigenvalue weighted by atomic mass is 10.0. The van der Waals surface area contributed by atoms with Crippen molar-refractivity contribution >= 4 is 61.8 Å². The minimum atomic E-state index is -0.578. The van der Waals surface area contributed by atoms with Gasteiger partial charge in [0.05, 0.1) is 12.8 Å². The molecule has 1 amide bonds. The van der Waals surface area contributed by atoms with Crippen molar-refractivity contribution < 1.29 is 19.1 Å². The molecule has 0 fully saturated rings. The smallest absolute Gasteiger partial charge is 0.331 e. The van der Waals surface area contributed by atoms with E-state index < -0.39 is 11.6 Å². The van der Waals surface area contributed by atoms with Crippen LogP contribution in [-0.4, -0.2) is 34.1 Å². The van der Waals surface area contributed by atoms with Crippen LogP contribution in [0.5, 0.6) is 5.75 Å². The number of hydrogen-bond acceptors (Lipinski definition) is 7. The fourth-order valence-corrected chi connectivity index (χ4v) is 5.65. The van der Waals surface area contributed by atoms with E-state index in [1.54, 1.807) is 19.4 Å². The van der Waals surface area contributed by atoms with Gasteiger partial charge in [-0.15, -0.1) is 11.3 Å². The second-order valence-corrected chi connectivity index (χ2v) is 11.2. The Morgan fingerprint density at radius 1 is 1.12 bits per heavy atom. The van der Waals surface area contributed by atoms with E-state index in [2.05, 4.69) is 10.3 Å². The number of carbonyl (C=O) groups excluding carboxylic acids is 2. The van der Waals surface area contributed by atoms with E-state index in [0.717, 1.165) is 37.7 Å². The predicted molar refractivity (Wildman–Crippen MR) is 162 cm³/mol. The predicted octanol–water partition coefficient (Wildman–Crippen LogP) is 6.65. The summed E-state index contributed by atoms with van der Waals surface area (Å²) >= 11 is 1.51. The molecule has 0 aliphatic rings. The Morgan fingerprint density at radius 2 is 1.90 bits per heavy atom. The molecule has 2 aromatic carbocycles. The standard InChI is InChI=1S/C31H30N4O4S/c1-31(2,3)39-26(36)13-11-20-16-33-29(32)27-21(17-40-28(20)27)18-10-12-22(25(15-18)38-5)34-30(37)24-14-19-8-6-7-9-23(19)35(24)4/h6-17H,1-5H3,(H2,32,33)(H,34,37)/b13-11+. The van der Waals surface area contributed by atoms with Gasteiger partial charge in [0.2, 0.25) is 0 Å². The average Bonchev–Trinajstić information content (AvgIpc) is 3.50. The zero-order chi connectivity index (χ0) is 28.6. The van der Waals surface area contributed by atoms with E-state index in [0.29, 0.717) is 22.9 Å². The number of esters is 1. The van der Waals surface area contributed by atoms with Gasteiger partial charge in [0, 0.05) is 51.4 Å². The quantitative estimate of drug-likeness (QED) is 0.180. The molecule has 9 heteroatoms. The van der Waals surface area contributed by atoms with E-state index in [9.17, 15) is 9.59 Å². The number of amides is 1. The van der Waals surface area contributed by atoms with E-state index in [4.69, 9.17) is 15.2 Å².